The standard InChI is InChI=1S/C16H15NO/c1-2-17-10-9-13-3-4-14(11-16(13)17)12-5-7-15(18)8-6-12/h3-11,18H,2H2,1H3. The largest absolute Gasteiger partial charge is 0.508 e. The van der Waals surface area contributed by atoms with Gasteiger partial charge in [-0.15, -0.1) is 0 Å². The third-order valence-corrected chi connectivity index (χ3v) is 3.32. The second-order valence-corrected chi connectivity index (χ2v) is 4.42. The Morgan fingerprint density at radius 2 is 1.67 bits per heavy atom. The summed E-state index contributed by atoms with van der Waals surface area (Å²) in [4.78, 5) is 0. The molecule has 1 N–H and O–H groups in total. The maximum absolute atomic E-state index is 9.32. The Hall–Kier alpha value is -2.22. The summed E-state index contributed by atoms with van der Waals surface area (Å²) in [5, 5.41) is 10.6. The van der Waals surface area contributed by atoms with Crippen LogP contribution in [-0.2, 0) is 6.54 Å². The quantitative estimate of drug-likeness (QED) is 0.715. The van der Waals surface area contributed by atoms with E-state index in [-0.39, 0.29) is 0 Å². The van der Waals surface area contributed by atoms with Gasteiger partial charge in [0.2, 0.25) is 0 Å². The molecule has 2 heteroatoms. The third kappa shape index (κ3) is 1.76. The van der Waals surface area contributed by atoms with Crippen LogP contribution >= 0.6 is 0 Å². The monoisotopic (exact) mass is 237 g/mol. The summed E-state index contributed by atoms with van der Waals surface area (Å²) in [7, 11) is 0. The van der Waals surface area contributed by atoms with Crippen LogP contribution < -0.4 is 0 Å². The summed E-state index contributed by atoms with van der Waals surface area (Å²) in [6, 6.07) is 15.9. The molecular weight excluding hydrogens is 222 g/mol. The Bertz CT molecular complexity index is 680. The average molecular weight is 237 g/mol. The van der Waals surface area contributed by atoms with Crippen molar-refractivity contribution in [3.63, 3.8) is 0 Å². The molecule has 0 aliphatic rings. The van der Waals surface area contributed by atoms with E-state index in [1.807, 2.05) is 12.1 Å². The fourth-order valence-electron chi connectivity index (χ4n) is 2.29. The van der Waals surface area contributed by atoms with Crippen molar-refractivity contribution in [3.05, 3.63) is 54.7 Å². The Morgan fingerprint density at radius 3 is 2.39 bits per heavy atom. The Balaban J connectivity index is 2.14. The van der Waals surface area contributed by atoms with E-state index in [0.29, 0.717) is 5.75 Å². The van der Waals surface area contributed by atoms with Crippen LogP contribution in [0.4, 0.5) is 0 Å². The molecule has 0 atom stereocenters. The van der Waals surface area contributed by atoms with Gasteiger partial charge in [-0.2, -0.15) is 0 Å². The van der Waals surface area contributed by atoms with Crippen molar-refractivity contribution in [2.45, 2.75) is 13.5 Å². The van der Waals surface area contributed by atoms with Crippen LogP contribution in [0.15, 0.2) is 54.7 Å². The molecule has 1 aromatic heterocycles. The number of phenols is 1. The third-order valence-electron chi connectivity index (χ3n) is 3.32. The summed E-state index contributed by atoms with van der Waals surface area (Å²) in [6.45, 7) is 3.12. The van der Waals surface area contributed by atoms with E-state index >= 15 is 0 Å². The first-order valence-electron chi connectivity index (χ1n) is 6.16. The van der Waals surface area contributed by atoms with Gasteiger partial charge in [0.05, 0.1) is 0 Å². The van der Waals surface area contributed by atoms with Gasteiger partial charge in [-0.25, -0.2) is 0 Å². The van der Waals surface area contributed by atoms with Gasteiger partial charge in [0.25, 0.3) is 0 Å². The molecule has 1 heterocycles. The number of nitrogens with zero attached hydrogens (tertiary/aromatic N) is 1. The summed E-state index contributed by atoms with van der Waals surface area (Å²) < 4.78 is 2.24. The van der Waals surface area contributed by atoms with Gasteiger partial charge in [0, 0.05) is 18.3 Å². The summed E-state index contributed by atoms with van der Waals surface area (Å²) in [5.41, 5.74) is 3.55. The van der Waals surface area contributed by atoms with E-state index < -0.39 is 0 Å². The van der Waals surface area contributed by atoms with Crippen LogP contribution in [0.1, 0.15) is 6.92 Å². The molecule has 0 radical (unpaired) electrons. The molecule has 0 saturated carbocycles. The SMILES string of the molecule is CCn1ccc2ccc(-c3ccc(O)cc3)cc21. The van der Waals surface area contributed by atoms with Crippen molar-refractivity contribution in [3.8, 4) is 16.9 Å². The number of aromatic nitrogens is 1. The van der Waals surface area contributed by atoms with E-state index in [9.17, 15) is 5.11 Å². The average Bonchev–Trinajstić information content (AvgIpc) is 2.81. The zero-order chi connectivity index (χ0) is 12.5. The number of hydrogen-bond acceptors (Lipinski definition) is 1. The van der Waals surface area contributed by atoms with E-state index in [1.165, 1.54) is 16.5 Å². The molecule has 3 aromatic rings. The molecule has 90 valence electrons. The van der Waals surface area contributed by atoms with E-state index in [0.717, 1.165) is 12.1 Å². The first-order valence-corrected chi connectivity index (χ1v) is 6.16. The lowest BCUT2D eigenvalue weighted by Crippen LogP contribution is -1.90. The van der Waals surface area contributed by atoms with E-state index in [1.54, 1.807) is 12.1 Å². The molecule has 0 aliphatic carbocycles. The van der Waals surface area contributed by atoms with Crippen LogP contribution in [0.25, 0.3) is 22.0 Å². The molecular formula is C16H15NO. The van der Waals surface area contributed by atoms with Crippen molar-refractivity contribution in [2.75, 3.05) is 0 Å². The molecule has 0 unspecified atom stereocenters. The van der Waals surface area contributed by atoms with Gasteiger partial charge in [0.1, 0.15) is 5.75 Å². The number of aromatic hydroxyl groups is 1. The molecule has 0 amide bonds. The molecule has 3 rings (SSSR count). The number of aryl methyl sites for hydroxylation is 1. The molecule has 0 spiro atoms. The fourth-order valence-corrected chi connectivity index (χ4v) is 2.29. The van der Waals surface area contributed by atoms with Gasteiger partial charge in [0.15, 0.2) is 0 Å². The molecule has 0 fully saturated rings. The van der Waals surface area contributed by atoms with Gasteiger partial charge < -0.3 is 9.67 Å². The Labute approximate surface area is 106 Å². The lowest BCUT2D eigenvalue weighted by Gasteiger charge is -2.05. The smallest absolute Gasteiger partial charge is 0.115 e. The van der Waals surface area contributed by atoms with Crippen LogP contribution in [0, 0.1) is 0 Å². The predicted molar refractivity (Wildman–Crippen MR) is 74.7 cm³/mol. The predicted octanol–water partition coefficient (Wildman–Crippen LogP) is 4.03. The topological polar surface area (TPSA) is 25.2 Å². The van der Waals surface area contributed by atoms with Crippen molar-refractivity contribution in [2.24, 2.45) is 0 Å². The highest BCUT2D eigenvalue weighted by Crippen LogP contribution is 2.26. The lowest BCUT2D eigenvalue weighted by atomic mass is 10.0. The maximum Gasteiger partial charge on any atom is 0.115 e. The van der Waals surface area contributed by atoms with Crippen LogP contribution in [0.2, 0.25) is 0 Å². The Morgan fingerprint density at radius 1 is 0.944 bits per heavy atom. The Kier molecular flexibility index (Phi) is 2.56. The minimum atomic E-state index is 0.303. The van der Waals surface area contributed by atoms with Crippen LogP contribution in [-0.4, -0.2) is 9.67 Å². The first-order chi connectivity index (χ1) is 8.78. The van der Waals surface area contributed by atoms with Gasteiger partial charge in [-0.05, 0) is 47.7 Å². The molecule has 0 aliphatic heterocycles. The molecule has 0 saturated heterocycles. The molecule has 0 bridgehead atoms. The van der Waals surface area contributed by atoms with Crippen LogP contribution in [0.3, 0.4) is 0 Å². The highest BCUT2D eigenvalue weighted by Gasteiger charge is 2.03. The van der Waals surface area contributed by atoms with Crippen molar-refractivity contribution >= 4 is 10.9 Å². The zero-order valence-corrected chi connectivity index (χ0v) is 10.3. The second-order valence-electron chi connectivity index (χ2n) is 4.42. The first kappa shape index (κ1) is 10.9. The van der Waals surface area contributed by atoms with Crippen LogP contribution in [0.5, 0.6) is 5.75 Å². The van der Waals surface area contributed by atoms with Crippen molar-refractivity contribution in [1.29, 1.82) is 0 Å². The van der Waals surface area contributed by atoms with Gasteiger partial charge in [-0.1, -0.05) is 24.3 Å². The van der Waals surface area contributed by atoms with Crippen molar-refractivity contribution in [1.82, 2.24) is 4.57 Å². The number of benzene rings is 2. The zero-order valence-electron chi connectivity index (χ0n) is 10.3. The van der Waals surface area contributed by atoms with E-state index in [2.05, 4.69) is 42.0 Å². The maximum atomic E-state index is 9.32. The van der Waals surface area contributed by atoms with Gasteiger partial charge >= 0.3 is 0 Å². The number of rotatable bonds is 2. The minimum Gasteiger partial charge on any atom is -0.508 e. The molecule has 2 aromatic carbocycles. The lowest BCUT2D eigenvalue weighted by molar-refractivity contribution is 0.475. The highest BCUT2D eigenvalue weighted by molar-refractivity contribution is 5.85. The fraction of sp³-hybridized carbons (Fsp3) is 0.125. The number of hydrogen-bond donors (Lipinski definition) is 1. The summed E-state index contributed by atoms with van der Waals surface area (Å²) in [5.74, 6) is 0.303. The molecule has 2 nitrogen and oxygen atoms in total. The van der Waals surface area contributed by atoms with Crippen molar-refractivity contribution < 1.29 is 5.11 Å². The van der Waals surface area contributed by atoms with E-state index in [4.69, 9.17) is 0 Å². The summed E-state index contributed by atoms with van der Waals surface area (Å²) >= 11 is 0. The minimum absolute atomic E-state index is 0.303. The second kappa shape index (κ2) is 4.22. The number of fused-ring (bicyclic) bond motifs is 1. The summed E-state index contributed by atoms with van der Waals surface area (Å²) in [6.07, 6.45) is 2.12. The number of phenolic OH excluding ortho intramolecular Hbond substituents is 1. The molecule has 18 heavy (non-hydrogen) atoms. The van der Waals surface area contributed by atoms with Gasteiger partial charge in [-0.3, -0.25) is 0 Å². The highest BCUT2D eigenvalue weighted by atomic mass is 16.3. The normalized spacial score (nSPS) is 10.9.